The number of urea groups is 1. The van der Waals surface area contributed by atoms with Gasteiger partial charge in [-0.05, 0) is 25.1 Å². The van der Waals surface area contributed by atoms with Crippen LogP contribution in [0.4, 0.5) is 4.79 Å². The summed E-state index contributed by atoms with van der Waals surface area (Å²) in [4.78, 5) is 16.8. The van der Waals surface area contributed by atoms with Crippen LogP contribution in [0.15, 0.2) is 28.5 Å². The number of rotatable bonds is 2. The topological polar surface area (TPSA) is 92.3 Å². The lowest BCUT2D eigenvalue weighted by Crippen LogP contribution is -2.51. The molecule has 2 heterocycles. The zero-order valence-electron chi connectivity index (χ0n) is 11.6. The van der Waals surface area contributed by atoms with Gasteiger partial charge in [-0.1, -0.05) is 28.4 Å². The van der Waals surface area contributed by atoms with Gasteiger partial charge in [-0.2, -0.15) is 5.10 Å². The van der Waals surface area contributed by atoms with Crippen LogP contribution in [0, 0.1) is 0 Å². The number of halogens is 2. The fraction of sp³-hybridized carbons (Fsp3) is 0.308. The van der Waals surface area contributed by atoms with Gasteiger partial charge in [-0.25, -0.2) is 16.1 Å². The number of amides is 2. The van der Waals surface area contributed by atoms with E-state index >= 15 is 0 Å². The molecule has 0 saturated carbocycles. The highest BCUT2D eigenvalue weighted by atomic mass is 35.5. The van der Waals surface area contributed by atoms with Crippen molar-refractivity contribution in [1.82, 2.24) is 10.4 Å². The molecule has 22 heavy (non-hydrogen) atoms. The predicted octanol–water partition coefficient (Wildman–Crippen LogP) is 2.24. The number of nitrogens with two attached hydrogens (primary N) is 1. The van der Waals surface area contributed by atoms with Crippen molar-refractivity contribution in [3.05, 3.63) is 33.8 Å². The van der Waals surface area contributed by atoms with Crippen LogP contribution in [0.1, 0.15) is 18.9 Å². The number of hydrazine groups is 1. The number of hydrogen-bond acceptors (Lipinski definition) is 5. The third-order valence-corrected chi connectivity index (χ3v) is 3.97. The first kappa shape index (κ1) is 15.1. The van der Waals surface area contributed by atoms with Crippen molar-refractivity contribution >= 4 is 40.7 Å². The number of nitrogens with zero attached hydrogens (tertiary/aromatic N) is 3. The summed E-state index contributed by atoms with van der Waals surface area (Å²) in [5.41, 5.74) is 3.60. The second-order valence-electron chi connectivity index (χ2n) is 5.30. The number of hydrazone groups is 1. The molecule has 3 N–H and O–H groups in total. The standard InChI is InChI=1S/C13H13Cl2N5O2/c1-13(7-2-8(14)4-9(15)3-7)5-10(19-22-13)11-6-20(16)12(21)18-17-11/h2-4H,5-6,16H2,1H3,(H,18,21). The van der Waals surface area contributed by atoms with E-state index in [2.05, 4.69) is 15.7 Å². The molecule has 2 amide bonds. The van der Waals surface area contributed by atoms with E-state index in [-0.39, 0.29) is 6.54 Å². The zero-order valence-corrected chi connectivity index (χ0v) is 13.1. The molecule has 1 atom stereocenters. The highest BCUT2D eigenvalue weighted by Crippen LogP contribution is 2.37. The van der Waals surface area contributed by atoms with Gasteiger partial charge < -0.3 is 4.84 Å². The van der Waals surface area contributed by atoms with E-state index in [4.69, 9.17) is 33.9 Å². The van der Waals surface area contributed by atoms with Crippen LogP contribution < -0.4 is 11.3 Å². The highest BCUT2D eigenvalue weighted by Gasteiger charge is 2.39. The average molecular weight is 342 g/mol. The molecule has 0 aliphatic carbocycles. The largest absolute Gasteiger partial charge is 0.384 e. The van der Waals surface area contributed by atoms with Crippen molar-refractivity contribution < 1.29 is 9.63 Å². The van der Waals surface area contributed by atoms with Crippen LogP contribution in [0.3, 0.4) is 0 Å². The molecule has 116 valence electrons. The van der Waals surface area contributed by atoms with Gasteiger partial charge in [0.15, 0.2) is 5.60 Å². The molecule has 0 bridgehead atoms. The zero-order chi connectivity index (χ0) is 15.9. The summed E-state index contributed by atoms with van der Waals surface area (Å²) in [7, 11) is 0. The lowest BCUT2D eigenvalue weighted by molar-refractivity contribution is -0.00737. The molecule has 3 rings (SSSR count). The maximum absolute atomic E-state index is 11.3. The molecule has 1 unspecified atom stereocenters. The van der Waals surface area contributed by atoms with Crippen molar-refractivity contribution in [3.63, 3.8) is 0 Å². The number of benzene rings is 1. The smallest absolute Gasteiger partial charge is 0.352 e. The van der Waals surface area contributed by atoms with Crippen molar-refractivity contribution in [2.24, 2.45) is 16.1 Å². The number of oxime groups is 1. The van der Waals surface area contributed by atoms with E-state index in [0.29, 0.717) is 27.9 Å². The van der Waals surface area contributed by atoms with Gasteiger partial charge in [0, 0.05) is 22.0 Å². The van der Waals surface area contributed by atoms with Crippen LogP contribution in [0.5, 0.6) is 0 Å². The molecule has 2 aliphatic heterocycles. The van der Waals surface area contributed by atoms with Crippen LogP contribution in [0.25, 0.3) is 0 Å². The maximum Gasteiger partial charge on any atom is 0.352 e. The Kier molecular flexibility index (Phi) is 3.72. The molecule has 0 saturated heterocycles. The first-order valence-electron chi connectivity index (χ1n) is 6.48. The average Bonchev–Trinajstić information content (AvgIpc) is 2.85. The summed E-state index contributed by atoms with van der Waals surface area (Å²) in [5.74, 6) is 5.56. The monoisotopic (exact) mass is 341 g/mol. The molecule has 2 aliphatic rings. The normalized spacial score (nSPS) is 24.5. The van der Waals surface area contributed by atoms with Crippen molar-refractivity contribution in [3.8, 4) is 0 Å². The Morgan fingerprint density at radius 2 is 2.00 bits per heavy atom. The molecule has 9 heteroatoms. The van der Waals surface area contributed by atoms with E-state index < -0.39 is 11.6 Å². The van der Waals surface area contributed by atoms with Gasteiger partial charge in [0.2, 0.25) is 0 Å². The number of carbonyl (C=O) groups excluding carboxylic acids is 1. The van der Waals surface area contributed by atoms with E-state index in [1.54, 1.807) is 18.2 Å². The fourth-order valence-corrected chi connectivity index (χ4v) is 2.84. The van der Waals surface area contributed by atoms with Gasteiger partial charge in [0.05, 0.1) is 6.54 Å². The van der Waals surface area contributed by atoms with Crippen LogP contribution >= 0.6 is 23.2 Å². The first-order chi connectivity index (χ1) is 10.4. The Balaban J connectivity index is 1.82. The summed E-state index contributed by atoms with van der Waals surface area (Å²) in [6.45, 7) is 2.05. The van der Waals surface area contributed by atoms with Crippen LogP contribution in [0.2, 0.25) is 10.0 Å². The summed E-state index contributed by atoms with van der Waals surface area (Å²) in [5, 5.41) is 10.1. The molecular formula is C13H13Cl2N5O2. The van der Waals surface area contributed by atoms with Gasteiger partial charge in [0.1, 0.15) is 11.4 Å². The van der Waals surface area contributed by atoms with E-state index in [1.807, 2.05) is 6.92 Å². The van der Waals surface area contributed by atoms with Crippen LogP contribution in [-0.2, 0) is 10.4 Å². The molecular weight excluding hydrogens is 329 g/mol. The fourth-order valence-electron chi connectivity index (χ4n) is 2.31. The van der Waals surface area contributed by atoms with E-state index in [0.717, 1.165) is 10.6 Å². The van der Waals surface area contributed by atoms with Crippen molar-refractivity contribution in [1.29, 1.82) is 0 Å². The summed E-state index contributed by atoms with van der Waals surface area (Å²) in [6, 6.07) is 4.75. The summed E-state index contributed by atoms with van der Waals surface area (Å²) < 4.78 is 0. The molecule has 1 aromatic carbocycles. The van der Waals surface area contributed by atoms with Crippen molar-refractivity contribution in [2.45, 2.75) is 18.9 Å². The number of nitrogens with one attached hydrogen (secondary N) is 1. The Hall–Kier alpha value is -1.83. The number of carbonyl (C=O) groups is 1. The quantitative estimate of drug-likeness (QED) is 0.638. The predicted molar refractivity (Wildman–Crippen MR) is 83.8 cm³/mol. The third-order valence-electron chi connectivity index (χ3n) is 3.54. The lowest BCUT2D eigenvalue weighted by atomic mass is 9.90. The summed E-state index contributed by atoms with van der Waals surface area (Å²) in [6.07, 6.45) is 0.464. The maximum atomic E-state index is 11.3. The molecule has 7 nitrogen and oxygen atoms in total. The second kappa shape index (κ2) is 5.42. The highest BCUT2D eigenvalue weighted by molar-refractivity contribution is 6.44. The minimum absolute atomic E-state index is 0.167. The minimum atomic E-state index is -0.701. The lowest BCUT2D eigenvalue weighted by Gasteiger charge is -2.24. The Labute approximate surface area is 136 Å². The molecule has 0 fully saturated rings. The molecule has 0 spiro atoms. The second-order valence-corrected chi connectivity index (χ2v) is 6.17. The van der Waals surface area contributed by atoms with Crippen LogP contribution in [-0.4, -0.2) is 29.0 Å². The first-order valence-corrected chi connectivity index (χ1v) is 7.24. The summed E-state index contributed by atoms with van der Waals surface area (Å²) >= 11 is 12.1. The Bertz CT molecular complexity index is 685. The molecule has 0 radical (unpaired) electrons. The van der Waals surface area contributed by atoms with Gasteiger partial charge in [-0.15, -0.1) is 0 Å². The SMILES string of the molecule is CC1(c2cc(Cl)cc(Cl)c2)CC(C2=NNC(=O)N(N)C2)=NO1. The Morgan fingerprint density at radius 1 is 1.32 bits per heavy atom. The molecule has 1 aromatic rings. The van der Waals surface area contributed by atoms with Gasteiger partial charge >= 0.3 is 6.03 Å². The number of hydrogen-bond donors (Lipinski definition) is 2. The van der Waals surface area contributed by atoms with Gasteiger partial charge in [0.25, 0.3) is 0 Å². The molecule has 0 aromatic heterocycles. The minimum Gasteiger partial charge on any atom is -0.384 e. The van der Waals surface area contributed by atoms with E-state index in [9.17, 15) is 4.79 Å². The van der Waals surface area contributed by atoms with Gasteiger partial charge in [-0.3, -0.25) is 5.01 Å². The van der Waals surface area contributed by atoms with E-state index in [1.165, 1.54) is 0 Å². The third kappa shape index (κ3) is 2.75. The van der Waals surface area contributed by atoms with Crippen molar-refractivity contribution in [2.75, 3.05) is 6.54 Å². The Morgan fingerprint density at radius 3 is 2.64 bits per heavy atom.